The molecule has 1 aromatic carbocycles. The van der Waals surface area contributed by atoms with Crippen molar-refractivity contribution in [2.45, 2.75) is 18.8 Å². The number of rotatable bonds is 2. The lowest BCUT2D eigenvalue weighted by atomic mass is 9.84. The zero-order valence-corrected chi connectivity index (χ0v) is 11.1. The largest absolute Gasteiger partial charge is 0.396 e. The van der Waals surface area contributed by atoms with Crippen molar-refractivity contribution in [2.24, 2.45) is 5.92 Å². The first-order valence-corrected chi connectivity index (χ1v) is 6.74. The van der Waals surface area contributed by atoms with Crippen LogP contribution >= 0.6 is 23.2 Å². The molecule has 2 rings (SSSR count). The Morgan fingerprint density at radius 1 is 1.29 bits per heavy atom. The summed E-state index contributed by atoms with van der Waals surface area (Å²) in [5, 5.41) is 14.1. The van der Waals surface area contributed by atoms with Crippen molar-refractivity contribution in [1.29, 1.82) is 0 Å². The Morgan fingerprint density at radius 2 is 2.12 bits per heavy atom. The number of hydrogen-bond acceptors (Lipinski definition) is 2. The first-order valence-electron chi connectivity index (χ1n) is 5.99. The summed E-state index contributed by atoms with van der Waals surface area (Å²) >= 11 is 12.0. The number of aliphatic hydroxyl groups excluding tert-OH is 1. The minimum atomic E-state index is 0.229. The molecular formula is C13H17Cl2NO. The summed E-state index contributed by atoms with van der Waals surface area (Å²) in [5.41, 5.74) is 1.16. The predicted molar refractivity (Wildman–Crippen MR) is 71.9 cm³/mol. The Kier molecular flexibility index (Phi) is 4.69. The molecule has 4 heteroatoms. The molecule has 1 heterocycles. The molecule has 2 atom stereocenters. The van der Waals surface area contributed by atoms with E-state index in [-0.39, 0.29) is 6.61 Å². The molecule has 1 fully saturated rings. The van der Waals surface area contributed by atoms with Crippen LogP contribution in [0.25, 0.3) is 0 Å². The quantitative estimate of drug-likeness (QED) is 0.868. The van der Waals surface area contributed by atoms with Crippen molar-refractivity contribution in [1.82, 2.24) is 5.32 Å². The van der Waals surface area contributed by atoms with Gasteiger partial charge in [0.05, 0.1) is 10.0 Å². The zero-order valence-electron chi connectivity index (χ0n) is 9.63. The monoisotopic (exact) mass is 273 g/mol. The fourth-order valence-corrected chi connectivity index (χ4v) is 2.77. The SMILES string of the molecule is OCC1CCCNCC1c1ccc(Cl)c(Cl)c1. The summed E-state index contributed by atoms with van der Waals surface area (Å²) in [4.78, 5) is 0. The molecule has 0 aromatic heterocycles. The van der Waals surface area contributed by atoms with Gasteiger partial charge in [-0.25, -0.2) is 0 Å². The molecule has 17 heavy (non-hydrogen) atoms. The summed E-state index contributed by atoms with van der Waals surface area (Å²) in [6.07, 6.45) is 2.16. The first-order chi connectivity index (χ1) is 8.22. The van der Waals surface area contributed by atoms with Gasteiger partial charge in [0.25, 0.3) is 0 Å². The van der Waals surface area contributed by atoms with Crippen molar-refractivity contribution < 1.29 is 5.11 Å². The number of hydrogen-bond donors (Lipinski definition) is 2. The van der Waals surface area contributed by atoms with Gasteiger partial charge in [-0.1, -0.05) is 29.3 Å². The first kappa shape index (κ1) is 13.2. The molecule has 1 aromatic rings. The average Bonchev–Trinajstić information content (AvgIpc) is 2.57. The van der Waals surface area contributed by atoms with Crippen LogP contribution in [0, 0.1) is 5.92 Å². The van der Waals surface area contributed by atoms with Crippen molar-refractivity contribution in [2.75, 3.05) is 19.7 Å². The molecule has 1 aliphatic rings. The van der Waals surface area contributed by atoms with Crippen molar-refractivity contribution in [3.63, 3.8) is 0 Å². The molecule has 1 saturated heterocycles. The summed E-state index contributed by atoms with van der Waals surface area (Å²) < 4.78 is 0. The van der Waals surface area contributed by atoms with Crippen LogP contribution in [0.3, 0.4) is 0 Å². The molecule has 94 valence electrons. The van der Waals surface area contributed by atoms with E-state index in [1.165, 1.54) is 0 Å². The molecule has 2 N–H and O–H groups in total. The van der Waals surface area contributed by atoms with E-state index in [1.54, 1.807) is 0 Å². The van der Waals surface area contributed by atoms with Crippen LogP contribution < -0.4 is 5.32 Å². The van der Waals surface area contributed by atoms with E-state index in [4.69, 9.17) is 23.2 Å². The Hall–Kier alpha value is -0.280. The van der Waals surface area contributed by atoms with E-state index in [0.717, 1.165) is 31.5 Å². The lowest BCUT2D eigenvalue weighted by Crippen LogP contribution is -2.24. The second kappa shape index (κ2) is 6.05. The maximum Gasteiger partial charge on any atom is 0.0595 e. The third kappa shape index (κ3) is 3.14. The minimum absolute atomic E-state index is 0.229. The van der Waals surface area contributed by atoms with Crippen LogP contribution in [0.2, 0.25) is 10.0 Å². The van der Waals surface area contributed by atoms with Crippen molar-refractivity contribution in [3.8, 4) is 0 Å². The van der Waals surface area contributed by atoms with Crippen molar-refractivity contribution in [3.05, 3.63) is 33.8 Å². The molecule has 0 amide bonds. The second-order valence-corrected chi connectivity index (χ2v) is 5.38. The predicted octanol–water partition coefficient (Wildman–Crippen LogP) is 3.07. The van der Waals surface area contributed by atoms with E-state index in [0.29, 0.717) is 21.9 Å². The highest BCUT2D eigenvalue weighted by molar-refractivity contribution is 6.42. The van der Waals surface area contributed by atoms with Crippen molar-refractivity contribution >= 4 is 23.2 Å². The van der Waals surface area contributed by atoms with Crippen LogP contribution in [0.15, 0.2) is 18.2 Å². The maximum absolute atomic E-state index is 9.48. The smallest absolute Gasteiger partial charge is 0.0595 e. The third-order valence-corrected chi connectivity index (χ3v) is 4.21. The number of nitrogens with one attached hydrogen (secondary N) is 1. The van der Waals surface area contributed by atoms with Gasteiger partial charge in [-0.15, -0.1) is 0 Å². The zero-order chi connectivity index (χ0) is 12.3. The molecule has 2 unspecified atom stereocenters. The number of aliphatic hydroxyl groups is 1. The number of benzene rings is 1. The highest BCUT2D eigenvalue weighted by Crippen LogP contribution is 2.32. The highest BCUT2D eigenvalue weighted by atomic mass is 35.5. The summed E-state index contributed by atoms with van der Waals surface area (Å²) in [6, 6.07) is 5.76. The van der Waals surface area contributed by atoms with Gasteiger partial charge in [-0.3, -0.25) is 0 Å². The van der Waals surface area contributed by atoms with E-state index in [9.17, 15) is 5.11 Å². The summed E-state index contributed by atoms with van der Waals surface area (Å²) in [6.45, 7) is 2.14. The Balaban J connectivity index is 2.25. The Morgan fingerprint density at radius 3 is 2.82 bits per heavy atom. The van der Waals surface area contributed by atoms with Gasteiger partial charge >= 0.3 is 0 Å². The van der Waals surface area contributed by atoms with Crippen LogP contribution in [-0.2, 0) is 0 Å². The van der Waals surface area contributed by atoms with Crippen LogP contribution in [0.4, 0.5) is 0 Å². The lowest BCUT2D eigenvalue weighted by Gasteiger charge is -2.23. The maximum atomic E-state index is 9.48. The van der Waals surface area contributed by atoms with E-state index < -0.39 is 0 Å². The van der Waals surface area contributed by atoms with Crippen LogP contribution in [0.1, 0.15) is 24.3 Å². The van der Waals surface area contributed by atoms with Gasteiger partial charge < -0.3 is 10.4 Å². The Labute approximate surface area is 112 Å². The van der Waals surface area contributed by atoms with Gasteiger partial charge in [0.1, 0.15) is 0 Å². The third-order valence-electron chi connectivity index (χ3n) is 3.47. The normalized spacial score (nSPS) is 25.6. The van der Waals surface area contributed by atoms with Gasteiger partial charge in [0.15, 0.2) is 0 Å². The standard InChI is InChI=1S/C13H17Cl2NO/c14-12-4-3-9(6-13(12)15)11-7-16-5-1-2-10(11)8-17/h3-4,6,10-11,16-17H,1-2,5,7-8H2. The molecule has 0 saturated carbocycles. The van der Waals surface area contributed by atoms with Gasteiger partial charge in [-0.05, 0) is 43.0 Å². The molecule has 0 spiro atoms. The molecule has 0 aliphatic carbocycles. The molecular weight excluding hydrogens is 257 g/mol. The summed E-state index contributed by atoms with van der Waals surface area (Å²) in [5.74, 6) is 0.625. The van der Waals surface area contributed by atoms with Crippen LogP contribution in [0.5, 0.6) is 0 Å². The molecule has 1 aliphatic heterocycles. The van der Waals surface area contributed by atoms with E-state index >= 15 is 0 Å². The summed E-state index contributed by atoms with van der Waals surface area (Å²) in [7, 11) is 0. The minimum Gasteiger partial charge on any atom is -0.396 e. The lowest BCUT2D eigenvalue weighted by molar-refractivity contribution is 0.200. The Bertz CT molecular complexity index is 384. The van der Waals surface area contributed by atoms with E-state index in [1.807, 2.05) is 18.2 Å². The fourth-order valence-electron chi connectivity index (χ4n) is 2.47. The molecule has 2 nitrogen and oxygen atoms in total. The highest BCUT2D eigenvalue weighted by Gasteiger charge is 2.24. The average molecular weight is 274 g/mol. The molecule has 0 bridgehead atoms. The van der Waals surface area contributed by atoms with Gasteiger partial charge in [0, 0.05) is 19.1 Å². The second-order valence-electron chi connectivity index (χ2n) is 4.57. The topological polar surface area (TPSA) is 32.3 Å². The van der Waals surface area contributed by atoms with Gasteiger partial charge in [0.2, 0.25) is 0 Å². The number of halogens is 2. The molecule has 0 radical (unpaired) electrons. The van der Waals surface area contributed by atoms with Gasteiger partial charge in [-0.2, -0.15) is 0 Å². The van der Waals surface area contributed by atoms with Crippen LogP contribution in [-0.4, -0.2) is 24.8 Å². The fraction of sp³-hybridized carbons (Fsp3) is 0.538. The van der Waals surface area contributed by atoms with E-state index in [2.05, 4.69) is 5.32 Å².